The van der Waals surface area contributed by atoms with Crippen LogP contribution < -0.4 is 4.74 Å². The minimum atomic E-state index is 0.392. The van der Waals surface area contributed by atoms with E-state index in [1.165, 1.54) is 40.7 Å². The minimum Gasteiger partial charge on any atom is -0.497 e. The number of benzene rings is 3. The van der Waals surface area contributed by atoms with Crippen LogP contribution in [0.3, 0.4) is 0 Å². The van der Waals surface area contributed by atoms with E-state index in [0.29, 0.717) is 11.8 Å². The lowest BCUT2D eigenvalue weighted by Gasteiger charge is -2.37. The highest BCUT2D eigenvalue weighted by molar-refractivity contribution is 6.30. The Labute approximate surface area is 190 Å². The third-order valence-corrected chi connectivity index (χ3v) is 7.06. The number of hydrogen-bond acceptors (Lipinski definition) is 2. The lowest BCUT2D eigenvalue weighted by Crippen LogP contribution is -2.35. The molecule has 1 aliphatic heterocycles. The van der Waals surface area contributed by atoms with E-state index in [-0.39, 0.29) is 0 Å². The molecule has 3 aromatic carbocycles. The van der Waals surface area contributed by atoms with E-state index in [1.54, 1.807) is 7.11 Å². The zero-order valence-corrected chi connectivity index (χ0v) is 18.7. The second-order valence-electron chi connectivity index (χ2n) is 8.67. The fourth-order valence-corrected chi connectivity index (χ4v) is 5.38. The number of fused-ring (bicyclic) bond motifs is 2. The van der Waals surface area contributed by atoms with Crippen molar-refractivity contribution >= 4 is 23.8 Å². The van der Waals surface area contributed by atoms with Crippen molar-refractivity contribution in [2.45, 2.75) is 25.3 Å². The van der Waals surface area contributed by atoms with E-state index >= 15 is 0 Å². The summed E-state index contributed by atoms with van der Waals surface area (Å²) in [6, 6.07) is 23.7. The summed E-state index contributed by atoms with van der Waals surface area (Å²) in [6.45, 7) is 3.25. The maximum Gasteiger partial charge on any atom is 0.118 e. The Hall–Kier alpha value is -2.55. The van der Waals surface area contributed by atoms with Crippen molar-refractivity contribution in [2.24, 2.45) is 5.92 Å². The van der Waals surface area contributed by atoms with Crippen LogP contribution in [0.25, 0.3) is 12.2 Å². The summed E-state index contributed by atoms with van der Waals surface area (Å²) in [6.07, 6.45) is 6.91. The Bertz CT molecular complexity index is 1080. The maximum absolute atomic E-state index is 6.46. The molecule has 0 bridgehead atoms. The second kappa shape index (κ2) is 8.90. The Balaban J connectivity index is 1.37. The molecule has 1 atom stereocenters. The van der Waals surface area contributed by atoms with Crippen LogP contribution in [-0.4, -0.2) is 25.1 Å². The largest absolute Gasteiger partial charge is 0.497 e. The van der Waals surface area contributed by atoms with Gasteiger partial charge in [-0.1, -0.05) is 66.2 Å². The van der Waals surface area contributed by atoms with Crippen LogP contribution in [0.2, 0.25) is 5.02 Å². The maximum atomic E-state index is 6.46. The summed E-state index contributed by atoms with van der Waals surface area (Å²) >= 11 is 6.46. The minimum absolute atomic E-state index is 0.392. The number of likely N-dealkylation sites (tertiary alicyclic amines) is 1. The summed E-state index contributed by atoms with van der Waals surface area (Å²) in [5.41, 5.74) is 6.79. The molecule has 1 unspecified atom stereocenters. The highest BCUT2D eigenvalue weighted by atomic mass is 35.5. The predicted octanol–water partition coefficient (Wildman–Crippen LogP) is 6.88. The number of halogens is 1. The van der Waals surface area contributed by atoms with Gasteiger partial charge in [-0.2, -0.15) is 0 Å². The molecular formula is C28H28ClNO. The first-order valence-corrected chi connectivity index (χ1v) is 11.5. The first-order valence-electron chi connectivity index (χ1n) is 11.1. The van der Waals surface area contributed by atoms with Crippen molar-refractivity contribution in [1.29, 1.82) is 0 Å². The van der Waals surface area contributed by atoms with E-state index < -0.39 is 0 Å². The normalized spacial score (nSPS) is 18.8. The van der Waals surface area contributed by atoms with Gasteiger partial charge in [0, 0.05) is 17.5 Å². The van der Waals surface area contributed by atoms with Crippen molar-refractivity contribution in [3.05, 3.63) is 99.6 Å². The molecule has 5 rings (SSSR count). The number of nitrogens with zero attached hydrogens (tertiary/aromatic N) is 1. The van der Waals surface area contributed by atoms with Gasteiger partial charge in [0.25, 0.3) is 0 Å². The van der Waals surface area contributed by atoms with E-state index in [2.05, 4.69) is 77.7 Å². The predicted molar refractivity (Wildman–Crippen MR) is 130 cm³/mol. The first-order chi connectivity index (χ1) is 15.2. The second-order valence-corrected chi connectivity index (χ2v) is 9.11. The number of methoxy groups -OCH3 is 1. The molecule has 1 aliphatic carbocycles. The van der Waals surface area contributed by atoms with Gasteiger partial charge in [0.1, 0.15) is 5.75 Å². The van der Waals surface area contributed by atoms with Gasteiger partial charge in [-0.3, -0.25) is 4.90 Å². The average molecular weight is 430 g/mol. The lowest BCUT2D eigenvalue weighted by atomic mass is 9.74. The Morgan fingerprint density at radius 1 is 0.871 bits per heavy atom. The molecule has 1 fully saturated rings. The molecule has 3 heteroatoms. The molecule has 31 heavy (non-hydrogen) atoms. The van der Waals surface area contributed by atoms with Gasteiger partial charge < -0.3 is 4.74 Å². The third-order valence-electron chi connectivity index (χ3n) is 6.83. The molecule has 1 saturated heterocycles. The molecule has 158 valence electrons. The van der Waals surface area contributed by atoms with E-state index in [4.69, 9.17) is 16.3 Å². The quantitative estimate of drug-likeness (QED) is 0.448. The van der Waals surface area contributed by atoms with E-state index in [0.717, 1.165) is 30.4 Å². The Morgan fingerprint density at radius 3 is 2.32 bits per heavy atom. The van der Waals surface area contributed by atoms with Crippen LogP contribution in [0.5, 0.6) is 5.75 Å². The topological polar surface area (TPSA) is 12.5 Å². The molecule has 0 amide bonds. The molecule has 0 aromatic heterocycles. The van der Waals surface area contributed by atoms with Crippen molar-refractivity contribution < 1.29 is 4.74 Å². The van der Waals surface area contributed by atoms with Gasteiger partial charge in [0.05, 0.1) is 7.11 Å². The average Bonchev–Trinajstić information content (AvgIpc) is 2.97. The van der Waals surface area contributed by atoms with E-state index in [1.807, 2.05) is 6.07 Å². The van der Waals surface area contributed by atoms with Crippen molar-refractivity contribution in [2.75, 3.05) is 20.2 Å². The van der Waals surface area contributed by atoms with Crippen LogP contribution in [0.1, 0.15) is 46.6 Å². The molecule has 3 aromatic rings. The van der Waals surface area contributed by atoms with Gasteiger partial charge in [0.2, 0.25) is 0 Å². The van der Waals surface area contributed by atoms with Crippen molar-refractivity contribution in [3.63, 3.8) is 0 Å². The molecule has 0 N–H and O–H groups in total. The van der Waals surface area contributed by atoms with Gasteiger partial charge in [0.15, 0.2) is 0 Å². The number of ether oxygens (including phenoxy) is 1. The molecule has 0 spiro atoms. The Kier molecular flexibility index (Phi) is 5.85. The van der Waals surface area contributed by atoms with Crippen LogP contribution in [0, 0.1) is 5.92 Å². The summed E-state index contributed by atoms with van der Waals surface area (Å²) in [5, 5.41) is 0.827. The summed E-state index contributed by atoms with van der Waals surface area (Å²) in [7, 11) is 1.71. The molecule has 0 radical (unpaired) electrons. The lowest BCUT2D eigenvalue weighted by molar-refractivity contribution is 0.168. The molecule has 0 saturated carbocycles. The fourth-order valence-electron chi connectivity index (χ4n) is 5.20. The zero-order valence-electron chi connectivity index (χ0n) is 17.9. The van der Waals surface area contributed by atoms with Gasteiger partial charge in [-0.05, 0) is 83.9 Å². The third kappa shape index (κ3) is 4.28. The standard InChI is InChI=1S/C28H28ClNO/c1-31-25-12-6-20(7-13-25)19-30-16-14-23(15-17-30)28-26-5-3-2-4-21(26)8-9-22-10-11-24(29)18-27(22)28/h2-13,18,23,28H,14-17,19H2,1H3. The van der Waals surface area contributed by atoms with Crippen LogP contribution in [0.15, 0.2) is 66.7 Å². The molecule has 2 aliphatic rings. The number of hydrogen-bond donors (Lipinski definition) is 0. The van der Waals surface area contributed by atoms with Crippen molar-refractivity contribution in [3.8, 4) is 5.75 Å². The zero-order chi connectivity index (χ0) is 21.2. The summed E-state index contributed by atoms with van der Waals surface area (Å²) in [5.74, 6) is 1.92. The highest BCUT2D eigenvalue weighted by Crippen LogP contribution is 2.44. The monoisotopic (exact) mass is 429 g/mol. The molecule has 2 nitrogen and oxygen atoms in total. The van der Waals surface area contributed by atoms with Crippen molar-refractivity contribution in [1.82, 2.24) is 4.90 Å². The van der Waals surface area contributed by atoms with Gasteiger partial charge in [-0.25, -0.2) is 0 Å². The van der Waals surface area contributed by atoms with E-state index in [9.17, 15) is 0 Å². The van der Waals surface area contributed by atoms with Gasteiger partial charge >= 0.3 is 0 Å². The SMILES string of the molecule is COc1ccc(CN2CCC(C3c4ccccc4C=Cc4ccc(Cl)cc43)CC2)cc1. The smallest absolute Gasteiger partial charge is 0.118 e. The number of rotatable bonds is 4. The fraction of sp³-hybridized carbons (Fsp3) is 0.286. The first kappa shape index (κ1) is 20.4. The summed E-state index contributed by atoms with van der Waals surface area (Å²) < 4.78 is 5.29. The van der Waals surface area contributed by atoms with Crippen LogP contribution in [0.4, 0.5) is 0 Å². The molecule has 1 heterocycles. The Morgan fingerprint density at radius 2 is 1.58 bits per heavy atom. The van der Waals surface area contributed by atoms with Crippen LogP contribution >= 0.6 is 11.6 Å². The van der Waals surface area contributed by atoms with Crippen LogP contribution in [-0.2, 0) is 6.54 Å². The number of piperidine rings is 1. The summed E-state index contributed by atoms with van der Waals surface area (Å²) in [4.78, 5) is 2.58. The highest BCUT2D eigenvalue weighted by Gasteiger charge is 2.32. The molecular weight excluding hydrogens is 402 g/mol. The van der Waals surface area contributed by atoms with Gasteiger partial charge in [-0.15, -0.1) is 0 Å².